The molecule has 0 amide bonds. The van der Waals surface area contributed by atoms with Crippen molar-refractivity contribution in [3.8, 4) is 5.75 Å². The van der Waals surface area contributed by atoms with Crippen LogP contribution in [0.5, 0.6) is 5.75 Å². The Morgan fingerprint density at radius 3 is 2.33 bits per heavy atom. The summed E-state index contributed by atoms with van der Waals surface area (Å²) >= 11 is 0. The number of nitrogens with one attached hydrogen (secondary N) is 1. The van der Waals surface area contributed by atoms with E-state index in [1.54, 1.807) is 0 Å². The lowest BCUT2D eigenvalue weighted by atomic mass is 9.98. The van der Waals surface area contributed by atoms with Gasteiger partial charge in [0, 0.05) is 17.3 Å². The highest BCUT2D eigenvalue weighted by molar-refractivity contribution is 7.55. The third-order valence-electron chi connectivity index (χ3n) is 3.52. The molecule has 0 aromatic heterocycles. The smallest absolute Gasteiger partial charge is 0.382 e. The molecular weight excluding hydrogens is 285 g/mol. The minimum atomic E-state index is -3.05. The molecule has 0 fully saturated rings. The number of hydrogen-bond donors (Lipinski definition) is 1. The van der Waals surface area contributed by atoms with E-state index in [4.69, 9.17) is 9.05 Å². The highest BCUT2D eigenvalue weighted by atomic mass is 31.2. The van der Waals surface area contributed by atoms with Crippen molar-refractivity contribution in [2.45, 2.75) is 65.8 Å². The second kappa shape index (κ2) is 6.02. The highest BCUT2D eigenvalue weighted by Gasteiger charge is 2.37. The van der Waals surface area contributed by atoms with Gasteiger partial charge in [0.05, 0.1) is 12.3 Å². The van der Waals surface area contributed by atoms with Crippen LogP contribution < -0.4 is 9.84 Å². The van der Waals surface area contributed by atoms with E-state index in [9.17, 15) is 4.57 Å². The number of hydrogen-bond acceptors (Lipinski definition) is 4. The monoisotopic (exact) mass is 311 g/mol. The molecule has 1 aromatic rings. The van der Waals surface area contributed by atoms with Crippen LogP contribution in [-0.4, -0.2) is 11.7 Å². The fraction of sp³-hybridized carbons (Fsp3) is 0.625. The second-order valence-electron chi connectivity index (χ2n) is 6.51. The zero-order chi connectivity index (χ0) is 15.8. The summed E-state index contributed by atoms with van der Waals surface area (Å²) in [6.45, 7) is 12.5. The predicted molar refractivity (Wildman–Crippen MR) is 87.4 cm³/mol. The summed E-state index contributed by atoms with van der Waals surface area (Å²) in [5.74, 6) is 1.05. The topological polar surface area (TPSA) is 47.6 Å². The van der Waals surface area contributed by atoms with Crippen LogP contribution in [-0.2, 0) is 15.7 Å². The van der Waals surface area contributed by atoms with Gasteiger partial charge in [-0.3, -0.25) is 4.52 Å². The fourth-order valence-electron chi connectivity index (χ4n) is 2.35. The quantitative estimate of drug-likeness (QED) is 0.782. The molecule has 2 rings (SSSR count). The Morgan fingerprint density at radius 2 is 1.81 bits per heavy atom. The van der Waals surface area contributed by atoms with E-state index in [2.05, 4.69) is 39.1 Å². The zero-order valence-electron chi connectivity index (χ0n) is 13.8. The van der Waals surface area contributed by atoms with Crippen LogP contribution in [0.1, 0.15) is 58.6 Å². The first-order valence-electron chi connectivity index (χ1n) is 7.60. The molecule has 118 valence electrons. The van der Waals surface area contributed by atoms with E-state index in [0.717, 1.165) is 22.6 Å². The Kier molecular flexibility index (Phi) is 4.69. The maximum atomic E-state index is 12.7. The Labute approximate surface area is 127 Å². The van der Waals surface area contributed by atoms with E-state index < -0.39 is 7.60 Å². The molecule has 0 spiro atoms. The second-order valence-corrected chi connectivity index (χ2v) is 9.06. The maximum Gasteiger partial charge on any atom is 0.382 e. The summed E-state index contributed by atoms with van der Waals surface area (Å²) in [5.41, 5.74) is 2.97. The molecule has 1 heterocycles. The van der Waals surface area contributed by atoms with Gasteiger partial charge in [0.2, 0.25) is 0 Å². The highest BCUT2D eigenvalue weighted by Crippen LogP contribution is 2.58. The Hall–Kier alpha value is -0.990. The molecule has 1 aliphatic rings. The Bertz CT molecular complexity index is 567. The minimum Gasteiger partial charge on any atom is -0.423 e. The van der Waals surface area contributed by atoms with Gasteiger partial charge in [-0.15, -0.1) is 0 Å². The lowest BCUT2D eigenvalue weighted by Crippen LogP contribution is -2.17. The Balaban J connectivity index is 2.46. The van der Waals surface area contributed by atoms with Gasteiger partial charge in [-0.2, -0.15) is 0 Å². The van der Waals surface area contributed by atoms with E-state index in [0.29, 0.717) is 18.6 Å². The SMILES string of the molecule is CC(C)Nc1cc2c(c(C(C)C)c1)OP(=O)(C(C)C)OC2. The van der Waals surface area contributed by atoms with Crippen LogP contribution in [0.25, 0.3) is 0 Å². The van der Waals surface area contributed by atoms with Crippen molar-refractivity contribution in [3.05, 3.63) is 23.3 Å². The van der Waals surface area contributed by atoms with Crippen molar-refractivity contribution in [1.82, 2.24) is 0 Å². The van der Waals surface area contributed by atoms with Gasteiger partial charge < -0.3 is 9.84 Å². The van der Waals surface area contributed by atoms with E-state index in [1.165, 1.54) is 0 Å². The van der Waals surface area contributed by atoms with Gasteiger partial charge in [-0.1, -0.05) is 27.7 Å². The first kappa shape index (κ1) is 16.4. The normalized spacial score (nSPS) is 21.6. The molecule has 0 bridgehead atoms. The van der Waals surface area contributed by atoms with Crippen LogP contribution >= 0.6 is 7.60 Å². The molecule has 4 nitrogen and oxygen atoms in total. The lowest BCUT2D eigenvalue weighted by molar-refractivity contribution is 0.225. The average Bonchev–Trinajstić information content (AvgIpc) is 2.37. The summed E-state index contributed by atoms with van der Waals surface area (Å²) < 4.78 is 24.1. The summed E-state index contributed by atoms with van der Waals surface area (Å²) in [4.78, 5) is 0. The first-order valence-corrected chi connectivity index (χ1v) is 9.21. The van der Waals surface area contributed by atoms with Crippen LogP contribution in [0.2, 0.25) is 0 Å². The largest absolute Gasteiger partial charge is 0.423 e. The molecule has 0 saturated heterocycles. The average molecular weight is 311 g/mol. The van der Waals surface area contributed by atoms with Crippen LogP contribution in [0, 0.1) is 0 Å². The van der Waals surface area contributed by atoms with Crippen LogP contribution in [0.4, 0.5) is 5.69 Å². The van der Waals surface area contributed by atoms with Crippen LogP contribution in [0.15, 0.2) is 12.1 Å². The first-order chi connectivity index (χ1) is 9.73. The number of anilines is 1. The van der Waals surface area contributed by atoms with Gasteiger partial charge in [0.1, 0.15) is 5.75 Å². The molecule has 0 saturated carbocycles. The summed E-state index contributed by atoms with van der Waals surface area (Å²) in [7, 11) is -3.05. The van der Waals surface area contributed by atoms with Gasteiger partial charge in [-0.25, -0.2) is 4.57 Å². The van der Waals surface area contributed by atoms with Crippen molar-refractivity contribution in [1.29, 1.82) is 0 Å². The van der Waals surface area contributed by atoms with Crippen molar-refractivity contribution in [2.75, 3.05) is 5.32 Å². The third kappa shape index (κ3) is 3.44. The lowest BCUT2D eigenvalue weighted by Gasteiger charge is -2.31. The van der Waals surface area contributed by atoms with Crippen molar-refractivity contribution in [2.24, 2.45) is 0 Å². The zero-order valence-corrected chi connectivity index (χ0v) is 14.7. The number of fused-ring (bicyclic) bond motifs is 1. The molecule has 1 aromatic carbocycles. The molecule has 5 heteroatoms. The van der Waals surface area contributed by atoms with E-state index in [-0.39, 0.29) is 5.66 Å². The van der Waals surface area contributed by atoms with Gasteiger partial charge in [-0.05, 0) is 37.5 Å². The molecule has 1 N–H and O–H groups in total. The molecule has 0 aliphatic carbocycles. The fourth-order valence-corrected chi connectivity index (χ4v) is 3.70. The number of rotatable bonds is 4. The Morgan fingerprint density at radius 1 is 1.14 bits per heavy atom. The van der Waals surface area contributed by atoms with Gasteiger partial charge in [0.25, 0.3) is 0 Å². The minimum absolute atomic E-state index is 0.140. The molecular formula is C16H26NO3P. The van der Waals surface area contributed by atoms with E-state index >= 15 is 0 Å². The van der Waals surface area contributed by atoms with Crippen molar-refractivity contribution < 1.29 is 13.6 Å². The number of benzene rings is 1. The van der Waals surface area contributed by atoms with E-state index in [1.807, 2.05) is 19.9 Å². The standard InChI is InChI=1S/C16H26NO3P/c1-10(2)15-8-14(17-11(3)4)7-13-9-19-21(18,12(5)6)20-16(13)15/h7-8,10-12,17H,9H2,1-6H3. The maximum absolute atomic E-state index is 12.7. The van der Waals surface area contributed by atoms with Gasteiger partial charge in [0.15, 0.2) is 0 Å². The van der Waals surface area contributed by atoms with Crippen molar-refractivity contribution in [3.63, 3.8) is 0 Å². The summed E-state index contributed by atoms with van der Waals surface area (Å²) in [6.07, 6.45) is 0. The molecule has 0 radical (unpaired) electrons. The summed E-state index contributed by atoms with van der Waals surface area (Å²) in [6, 6.07) is 4.49. The van der Waals surface area contributed by atoms with Crippen LogP contribution in [0.3, 0.4) is 0 Å². The molecule has 21 heavy (non-hydrogen) atoms. The van der Waals surface area contributed by atoms with Gasteiger partial charge >= 0.3 is 7.60 Å². The van der Waals surface area contributed by atoms with Crippen molar-refractivity contribution >= 4 is 13.3 Å². The third-order valence-corrected chi connectivity index (χ3v) is 5.71. The molecule has 1 unspecified atom stereocenters. The predicted octanol–water partition coefficient (Wildman–Crippen LogP) is 5.14. The molecule has 1 atom stereocenters. The summed E-state index contributed by atoms with van der Waals surface area (Å²) in [5, 5.41) is 3.41. The molecule has 1 aliphatic heterocycles.